The van der Waals surface area contributed by atoms with Gasteiger partial charge in [0, 0.05) is 68.1 Å². The quantitative estimate of drug-likeness (QED) is 0.0432. The van der Waals surface area contributed by atoms with Crippen molar-refractivity contribution in [3.63, 3.8) is 0 Å². The Labute approximate surface area is 632 Å². The van der Waals surface area contributed by atoms with E-state index in [2.05, 4.69) is 97.0 Å². The number of nitrogens with zero attached hydrogens (tertiary/aromatic N) is 15. The molecule has 0 unspecified atom stereocenters. The van der Waals surface area contributed by atoms with Crippen molar-refractivity contribution in [3.8, 4) is 58.4 Å². The molecule has 0 atom stereocenters. The Kier molecular flexibility index (Phi) is 25.1. The van der Waals surface area contributed by atoms with Crippen LogP contribution in [0.4, 0.5) is 23.3 Å². The number of aromatic nitrogens is 15. The maximum Gasteiger partial charge on any atom is 0.251 e. The van der Waals surface area contributed by atoms with Crippen molar-refractivity contribution in [1.82, 2.24) is 74.3 Å². The van der Waals surface area contributed by atoms with Crippen LogP contribution in [0.1, 0.15) is 28.7 Å². The van der Waals surface area contributed by atoms with Crippen LogP contribution >= 0.6 is 45.3 Å². The average Bonchev–Trinajstić information content (AvgIpc) is 1.66. The summed E-state index contributed by atoms with van der Waals surface area (Å²) in [6, 6.07) is 50.6. The van der Waals surface area contributed by atoms with E-state index in [0.29, 0.717) is 102 Å². The maximum atomic E-state index is 12.4. The van der Waals surface area contributed by atoms with E-state index in [1.165, 1.54) is 45.3 Å². The summed E-state index contributed by atoms with van der Waals surface area (Å²) in [7, 11) is 0. The molecule has 0 fully saturated rings. The van der Waals surface area contributed by atoms with Crippen LogP contribution in [-0.2, 0) is 59.8 Å². The van der Waals surface area contributed by atoms with Crippen molar-refractivity contribution in [1.29, 1.82) is 0 Å². The van der Waals surface area contributed by atoms with E-state index < -0.39 is 0 Å². The Morgan fingerprint density at radius 2 is 0.722 bits per heavy atom. The Bertz CT molecular complexity index is 5510. The highest BCUT2D eigenvalue weighted by Gasteiger charge is 2.19. The number of amides is 4. The molecule has 0 radical (unpaired) electrons. The number of benzene rings is 2. The molecule has 14 aromatic heterocycles. The third-order valence-corrected chi connectivity index (χ3v) is 18.5. The van der Waals surface area contributed by atoms with Crippen molar-refractivity contribution < 1.29 is 33.4 Å². The topological polar surface area (TPSA) is 329 Å². The Hall–Kier alpha value is -13.1. The predicted octanol–water partition coefficient (Wildman–Crippen LogP) is 14.1. The van der Waals surface area contributed by atoms with Crippen LogP contribution in [-0.4, -0.2) is 118 Å². The monoisotopic (exact) mass is 1500 g/mol. The number of fused-ring (bicyclic) bond motifs is 4. The van der Waals surface area contributed by atoms with Crippen LogP contribution in [0.5, 0.6) is 0 Å². The van der Waals surface area contributed by atoms with Crippen LogP contribution in [0.2, 0.25) is 0 Å². The van der Waals surface area contributed by atoms with Gasteiger partial charge in [0.1, 0.15) is 85.2 Å². The van der Waals surface area contributed by atoms with Crippen molar-refractivity contribution in [2.24, 2.45) is 0 Å². The zero-order valence-corrected chi connectivity index (χ0v) is 60.3. The Morgan fingerprint density at radius 1 is 0.370 bits per heavy atom. The molecule has 0 aliphatic rings. The number of hydrogen-bond acceptors (Lipinski definition) is 25. The SMILES string of the molecule is C#Cc1ccc(COCC(=O)Nc2nc(-c3ccccn3)nc3sccc23)cc1.O=C(CCn1ccnc1)Nc1nc(-c2ccccn2)nc2sccc12.O=C(COCc1ccccc1)Nc1nc(-c2ccccn2)nc2sccc12.O=C(COCc1ccncc1)Nc1nc(-c2ccccn2)nc2sccc12. The minimum atomic E-state index is -0.289. The van der Waals surface area contributed by atoms with Gasteiger partial charge < -0.3 is 40.0 Å². The summed E-state index contributed by atoms with van der Waals surface area (Å²) in [5.41, 5.74) is 6.34. The summed E-state index contributed by atoms with van der Waals surface area (Å²) in [4.78, 5) is 114. The zero-order valence-electron chi connectivity index (χ0n) is 57.0. The van der Waals surface area contributed by atoms with Gasteiger partial charge in [0.05, 0.1) is 47.7 Å². The van der Waals surface area contributed by atoms with Gasteiger partial charge in [-0.15, -0.1) is 51.8 Å². The number of aryl methyl sites for hydroxylation is 1. The molecule has 0 aliphatic carbocycles. The molecule has 26 nitrogen and oxygen atoms in total. The van der Waals surface area contributed by atoms with E-state index in [9.17, 15) is 19.2 Å². The Morgan fingerprint density at radius 3 is 1.06 bits per heavy atom. The number of thiophene rings is 4. The molecule has 0 bridgehead atoms. The summed E-state index contributed by atoms with van der Waals surface area (Å²) in [6.45, 7) is 1.38. The Balaban J connectivity index is 0.000000127. The highest BCUT2D eigenvalue weighted by atomic mass is 32.1. The number of pyridine rings is 5. The first-order chi connectivity index (χ1) is 53.1. The second-order valence-electron chi connectivity index (χ2n) is 22.9. The van der Waals surface area contributed by atoms with E-state index in [-0.39, 0.29) is 43.4 Å². The zero-order chi connectivity index (χ0) is 74.1. The van der Waals surface area contributed by atoms with E-state index in [4.69, 9.17) is 20.6 Å². The first-order valence-corrected chi connectivity index (χ1v) is 36.7. The van der Waals surface area contributed by atoms with Gasteiger partial charge >= 0.3 is 0 Å². The van der Waals surface area contributed by atoms with Crippen molar-refractivity contribution in [2.75, 3.05) is 41.1 Å². The molecule has 16 aromatic rings. The van der Waals surface area contributed by atoms with Crippen LogP contribution < -0.4 is 21.3 Å². The maximum absolute atomic E-state index is 12.4. The standard InChI is InChI=1S/C22H16N4O2S.C20H16N4O2S.C19H15N5O2S.C17H14N6OS/c1-2-15-6-8-16(9-7-15)13-28-14-19(27)24-20-17-10-12-29-22(17)26-21(25-20)18-5-3-4-11-23-18;25-17(13-26-12-14-6-2-1-3-7-14)22-18-15-9-11-27-20(15)24-19(23-18)16-8-4-5-10-21-16;25-16(12-26-11-13-4-8-20-9-5-13)22-17-14-6-10-27-19(14)24-18(23-17)15-3-1-2-7-21-15;24-14(4-8-23-9-7-18-11-23)20-15-12-5-10-25-17(12)22-16(21-15)13-3-1-2-6-19-13/h1,3-12H,13-14H2,(H,24,25,26,27);1-11H,12-13H2,(H,22,23,24,25);1-10H,11-12H2,(H,22,23,24,25);1-3,5-7,9-11H,4,8H2,(H,20,21,22,24). The van der Waals surface area contributed by atoms with E-state index in [1.54, 1.807) is 49.7 Å². The predicted molar refractivity (Wildman–Crippen MR) is 418 cm³/mol. The highest BCUT2D eigenvalue weighted by Crippen LogP contribution is 2.32. The first kappa shape index (κ1) is 73.2. The molecule has 534 valence electrons. The largest absolute Gasteiger partial charge is 0.367 e. The van der Waals surface area contributed by atoms with Gasteiger partial charge in [0.2, 0.25) is 5.91 Å². The first-order valence-electron chi connectivity index (χ1n) is 33.1. The number of anilines is 4. The lowest BCUT2D eigenvalue weighted by molar-refractivity contribution is -0.121. The second-order valence-corrected chi connectivity index (χ2v) is 26.5. The van der Waals surface area contributed by atoms with Gasteiger partial charge in [-0.2, -0.15) is 0 Å². The molecule has 4 amide bonds. The second kappa shape index (κ2) is 37.0. The fraction of sp³-hybridized carbons (Fsp3) is 0.103. The molecule has 14 heterocycles. The number of terminal acetylenes is 1. The number of rotatable bonds is 23. The molecule has 4 N–H and O–H groups in total. The van der Waals surface area contributed by atoms with Gasteiger partial charge in [-0.3, -0.25) is 44.1 Å². The van der Waals surface area contributed by atoms with Crippen LogP contribution in [0, 0.1) is 12.3 Å². The van der Waals surface area contributed by atoms with Crippen LogP contribution in [0.15, 0.2) is 241 Å². The van der Waals surface area contributed by atoms with Crippen molar-refractivity contribution in [3.05, 3.63) is 263 Å². The third-order valence-electron chi connectivity index (χ3n) is 15.3. The van der Waals surface area contributed by atoms with Gasteiger partial charge in [-0.05, 0) is 135 Å². The molecule has 2 aromatic carbocycles. The number of carbonyl (C=O) groups is 4. The van der Waals surface area contributed by atoms with E-state index >= 15 is 0 Å². The molecule has 0 aliphatic heterocycles. The van der Waals surface area contributed by atoms with Crippen LogP contribution in [0.25, 0.3) is 86.9 Å². The van der Waals surface area contributed by atoms with E-state index in [1.807, 2.05) is 196 Å². The lowest BCUT2D eigenvalue weighted by Gasteiger charge is -2.08. The third kappa shape index (κ3) is 20.2. The van der Waals surface area contributed by atoms with Crippen LogP contribution in [0.3, 0.4) is 0 Å². The summed E-state index contributed by atoms with van der Waals surface area (Å²) in [5, 5.41) is 22.3. The number of carbonyl (C=O) groups excluding carboxylic acids is 4. The summed E-state index contributed by atoms with van der Waals surface area (Å²) in [6.07, 6.45) is 21.0. The number of imidazole rings is 1. The smallest absolute Gasteiger partial charge is 0.251 e. The summed E-state index contributed by atoms with van der Waals surface area (Å²) >= 11 is 5.96. The minimum absolute atomic E-state index is 0.0521. The normalized spacial score (nSPS) is 10.8. The van der Waals surface area contributed by atoms with Gasteiger partial charge in [0.25, 0.3) is 17.7 Å². The average molecular weight is 1500 g/mol. The van der Waals surface area contributed by atoms with Gasteiger partial charge in [-0.25, -0.2) is 44.9 Å². The number of nitrogens with one attached hydrogen (secondary N) is 4. The van der Waals surface area contributed by atoms with Gasteiger partial charge in [0.15, 0.2) is 23.3 Å². The lowest BCUT2D eigenvalue weighted by Crippen LogP contribution is -2.19. The van der Waals surface area contributed by atoms with Crippen molar-refractivity contribution in [2.45, 2.75) is 32.8 Å². The number of ether oxygens (including phenoxy) is 3. The number of hydrogen-bond donors (Lipinski definition) is 4. The highest BCUT2D eigenvalue weighted by molar-refractivity contribution is 7.17. The molecular weight excluding hydrogens is 1440 g/mol. The van der Waals surface area contributed by atoms with E-state index in [0.717, 1.165) is 63.1 Å². The molecule has 16 rings (SSSR count). The molecule has 0 spiro atoms. The fourth-order valence-electron chi connectivity index (χ4n) is 10.1. The minimum Gasteiger partial charge on any atom is -0.367 e. The van der Waals surface area contributed by atoms with Gasteiger partial charge in [-0.1, -0.05) is 72.7 Å². The summed E-state index contributed by atoms with van der Waals surface area (Å²) < 4.78 is 18.3. The fourth-order valence-corrected chi connectivity index (χ4v) is 13.2. The molecular formula is C78H61N19O7S4. The summed E-state index contributed by atoms with van der Waals surface area (Å²) in [5.74, 6) is 5.44. The van der Waals surface area contributed by atoms with Crippen molar-refractivity contribution >= 4 is 133 Å². The molecule has 108 heavy (non-hydrogen) atoms. The molecule has 30 heteroatoms. The lowest BCUT2D eigenvalue weighted by atomic mass is 10.1. The molecule has 0 saturated carbocycles. The molecule has 0 saturated heterocycles.